The smallest absolute Gasteiger partial charge is 0.0548 e. The minimum Gasteiger partial charge on any atom is -0.322 e. The molecular formula is C39H44N2. The van der Waals surface area contributed by atoms with Crippen molar-refractivity contribution in [2.75, 3.05) is 0 Å². The van der Waals surface area contributed by atoms with E-state index in [1.54, 1.807) is 22.3 Å². The molecule has 1 spiro atoms. The van der Waals surface area contributed by atoms with Gasteiger partial charge in [0.25, 0.3) is 0 Å². The summed E-state index contributed by atoms with van der Waals surface area (Å²) in [6.07, 6.45) is 2.37. The third kappa shape index (κ3) is 4.06. The highest BCUT2D eigenvalue weighted by molar-refractivity contribution is 5.65. The SMILES string of the molecule is Cc1cc2c3c(c1)C(C)(C)CC31CC(C)(C)c3cc(C)cc(c31)CN([C@@H](c1ccccc1)[C@@H](N)c1ccccc1)C2. The van der Waals surface area contributed by atoms with Crippen molar-refractivity contribution in [3.8, 4) is 0 Å². The van der Waals surface area contributed by atoms with E-state index in [9.17, 15) is 0 Å². The monoisotopic (exact) mass is 540 g/mol. The third-order valence-corrected chi connectivity index (χ3v) is 10.4. The summed E-state index contributed by atoms with van der Waals surface area (Å²) in [6, 6.07) is 31.6. The molecule has 0 saturated carbocycles. The average molecular weight is 541 g/mol. The highest BCUT2D eigenvalue weighted by Crippen LogP contribution is 2.65. The lowest BCUT2D eigenvalue weighted by molar-refractivity contribution is 0.149. The summed E-state index contributed by atoms with van der Waals surface area (Å²) in [5.41, 5.74) is 22.2. The lowest BCUT2D eigenvalue weighted by Gasteiger charge is -2.41. The van der Waals surface area contributed by atoms with Gasteiger partial charge in [0, 0.05) is 24.5 Å². The Bertz CT molecular complexity index is 1550. The number of hydrogen-bond donors (Lipinski definition) is 1. The van der Waals surface area contributed by atoms with Crippen LogP contribution in [0.3, 0.4) is 0 Å². The summed E-state index contributed by atoms with van der Waals surface area (Å²) >= 11 is 0. The molecule has 1 heterocycles. The van der Waals surface area contributed by atoms with Gasteiger partial charge in [0.15, 0.2) is 0 Å². The van der Waals surface area contributed by atoms with E-state index in [1.807, 2.05) is 0 Å². The first-order chi connectivity index (χ1) is 19.5. The van der Waals surface area contributed by atoms with Crippen LogP contribution in [0, 0.1) is 13.8 Å². The van der Waals surface area contributed by atoms with Gasteiger partial charge in [-0.3, -0.25) is 4.90 Å². The molecule has 0 amide bonds. The zero-order valence-corrected chi connectivity index (χ0v) is 25.6. The van der Waals surface area contributed by atoms with Crippen LogP contribution in [0.1, 0.15) is 108 Å². The van der Waals surface area contributed by atoms with Gasteiger partial charge in [0.2, 0.25) is 0 Å². The van der Waals surface area contributed by atoms with Crippen molar-refractivity contribution in [2.24, 2.45) is 5.73 Å². The molecule has 4 aromatic carbocycles. The van der Waals surface area contributed by atoms with E-state index in [0.29, 0.717) is 0 Å². The fraction of sp³-hybridized carbons (Fsp3) is 0.385. The topological polar surface area (TPSA) is 29.3 Å². The van der Waals surface area contributed by atoms with Crippen molar-refractivity contribution < 1.29 is 0 Å². The van der Waals surface area contributed by atoms with Gasteiger partial charge in [0.1, 0.15) is 0 Å². The van der Waals surface area contributed by atoms with E-state index in [1.165, 1.54) is 46.2 Å². The molecule has 1 aliphatic heterocycles. The van der Waals surface area contributed by atoms with Crippen LogP contribution in [0.2, 0.25) is 0 Å². The first kappa shape index (κ1) is 26.7. The maximum absolute atomic E-state index is 7.27. The Labute approximate surface area is 246 Å². The molecule has 4 aromatic rings. The van der Waals surface area contributed by atoms with E-state index in [0.717, 1.165) is 13.1 Å². The largest absolute Gasteiger partial charge is 0.322 e. The highest BCUT2D eigenvalue weighted by atomic mass is 15.2. The molecule has 0 fully saturated rings. The highest BCUT2D eigenvalue weighted by Gasteiger charge is 2.58. The Hall–Kier alpha value is -3.20. The van der Waals surface area contributed by atoms with Crippen molar-refractivity contribution in [1.82, 2.24) is 4.90 Å². The van der Waals surface area contributed by atoms with Crippen molar-refractivity contribution in [1.29, 1.82) is 0 Å². The minimum atomic E-state index is -0.147. The fourth-order valence-corrected chi connectivity index (χ4v) is 9.25. The van der Waals surface area contributed by atoms with Gasteiger partial charge in [-0.05, 0) is 82.0 Å². The molecule has 7 rings (SSSR count). The summed E-state index contributed by atoms with van der Waals surface area (Å²) in [5.74, 6) is 0. The number of nitrogens with two attached hydrogens (primary N) is 1. The average Bonchev–Trinajstić information content (AvgIpc) is 3.27. The van der Waals surface area contributed by atoms with Gasteiger partial charge in [-0.1, -0.05) is 124 Å². The van der Waals surface area contributed by atoms with Crippen molar-refractivity contribution >= 4 is 0 Å². The summed E-state index contributed by atoms with van der Waals surface area (Å²) in [6.45, 7) is 16.3. The molecule has 3 aliphatic rings. The number of benzene rings is 4. The summed E-state index contributed by atoms with van der Waals surface area (Å²) in [5, 5.41) is 0. The zero-order valence-electron chi connectivity index (χ0n) is 25.6. The quantitative estimate of drug-likeness (QED) is 0.280. The van der Waals surface area contributed by atoms with E-state index in [2.05, 4.69) is 131 Å². The molecule has 210 valence electrons. The van der Waals surface area contributed by atoms with Gasteiger partial charge in [-0.25, -0.2) is 0 Å². The van der Waals surface area contributed by atoms with Gasteiger partial charge in [-0.15, -0.1) is 0 Å². The molecule has 0 bridgehead atoms. The van der Waals surface area contributed by atoms with Crippen molar-refractivity contribution in [3.05, 3.63) is 141 Å². The second-order valence-corrected chi connectivity index (χ2v) is 14.6. The van der Waals surface area contributed by atoms with Crippen molar-refractivity contribution in [2.45, 2.75) is 95.8 Å². The molecule has 2 aliphatic carbocycles. The van der Waals surface area contributed by atoms with Crippen LogP contribution in [0.15, 0.2) is 84.9 Å². The molecule has 2 heteroatoms. The standard InChI is InChI=1S/C39H44N2/c1-25-17-29-21-41(36(28-15-11-8-12-16-28)35(40)27-13-9-7-10-14-27)22-30-18-26(2)20-32-34(30)39(24-38(32,5)6)23-37(3,4)31(19-25)33(29)39/h7-20,35-36H,21-24,40H2,1-6H3/t35-,36-,39?/m0/s1. The van der Waals surface area contributed by atoms with Crippen LogP contribution < -0.4 is 5.73 Å². The Balaban J connectivity index is 1.51. The Kier molecular flexibility index (Phi) is 5.95. The van der Waals surface area contributed by atoms with Gasteiger partial charge < -0.3 is 5.73 Å². The van der Waals surface area contributed by atoms with E-state index in [-0.39, 0.29) is 28.3 Å². The van der Waals surface area contributed by atoms with Crippen LogP contribution in [-0.4, -0.2) is 4.90 Å². The first-order valence-corrected chi connectivity index (χ1v) is 15.4. The van der Waals surface area contributed by atoms with Gasteiger partial charge in [-0.2, -0.15) is 0 Å². The number of rotatable bonds is 4. The van der Waals surface area contributed by atoms with Crippen LogP contribution in [0.5, 0.6) is 0 Å². The van der Waals surface area contributed by atoms with Crippen molar-refractivity contribution in [3.63, 3.8) is 0 Å². The zero-order chi connectivity index (χ0) is 28.7. The number of aryl methyl sites for hydroxylation is 2. The van der Waals surface area contributed by atoms with E-state index < -0.39 is 0 Å². The number of nitrogens with zero attached hydrogens (tertiary/aromatic N) is 1. The maximum Gasteiger partial charge on any atom is 0.0548 e. The maximum atomic E-state index is 7.27. The van der Waals surface area contributed by atoms with Gasteiger partial charge >= 0.3 is 0 Å². The Morgan fingerprint density at radius 3 is 1.54 bits per heavy atom. The number of hydrogen-bond acceptors (Lipinski definition) is 2. The summed E-state index contributed by atoms with van der Waals surface area (Å²) < 4.78 is 0. The summed E-state index contributed by atoms with van der Waals surface area (Å²) in [4.78, 5) is 2.69. The van der Waals surface area contributed by atoms with Crippen LogP contribution >= 0.6 is 0 Å². The van der Waals surface area contributed by atoms with Crippen LogP contribution in [-0.2, 0) is 29.3 Å². The predicted octanol–water partition coefficient (Wildman–Crippen LogP) is 8.71. The molecule has 0 unspecified atom stereocenters. The molecule has 0 radical (unpaired) electrons. The lowest BCUT2D eigenvalue weighted by atomic mass is 9.69. The van der Waals surface area contributed by atoms with Crippen LogP contribution in [0.4, 0.5) is 0 Å². The van der Waals surface area contributed by atoms with Crippen LogP contribution in [0.25, 0.3) is 0 Å². The normalized spacial score (nSPS) is 21.0. The fourth-order valence-electron chi connectivity index (χ4n) is 9.25. The van der Waals surface area contributed by atoms with Gasteiger partial charge in [0.05, 0.1) is 6.04 Å². The van der Waals surface area contributed by atoms with E-state index >= 15 is 0 Å². The molecule has 41 heavy (non-hydrogen) atoms. The third-order valence-electron chi connectivity index (χ3n) is 10.4. The second kappa shape index (κ2) is 9.15. The molecule has 0 saturated heterocycles. The molecular weight excluding hydrogens is 496 g/mol. The Morgan fingerprint density at radius 1 is 0.634 bits per heavy atom. The molecule has 0 aromatic heterocycles. The first-order valence-electron chi connectivity index (χ1n) is 15.4. The molecule has 2 atom stereocenters. The summed E-state index contributed by atoms with van der Waals surface area (Å²) in [7, 11) is 0. The second-order valence-electron chi connectivity index (χ2n) is 14.6. The molecule has 2 nitrogen and oxygen atoms in total. The predicted molar refractivity (Wildman–Crippen MR) is 170 cm³/mol. The Morgan fingerprint density at radius 2 is 1.07 bits per heavy atom. The lowest BCUT2D eigenvalue weighted by Crippen LogP contribution is -2.39. The molecule has 2 N–H and O–H groups in total. The minimum absolute atomic E-state index is 0.0438. The van der Waals surface area contributed by atoms with E-state index in [4.69, 9.17) is 5.73 Å².